The summed E-state index contributed by atoms with van der Waals surface area (Å²) in [5.41, 5.74) is 4.21. The summed E-state index contributed by atoms with van der Waals surface area (Å²) in [4.78, 5) is 15.2. The van der Waals surface area contributed by atoms with Gasteiger partial charge >= 0.3 is 0 Å². The highest BCUT2D eigenvalue weighted by molar-refractivity contribution is 6.00. The van der Waals surface area contributed by atoms with Gasteiger partial charge < -0.3 is 16.3 Å². The summed E-state index contributed by atoms with van der Waals surface area (Å²) >= 11 is 0. The molecule has 6 heteroatoms. The van der Waals surface area contributed by atoms with Crippen LogP contribution in [0.5, 0.6) is 0 Å². The molecule has 6 nitrogen and oxygen atoms in total. The molecule has 1 aromatic carbocycles. The molecule has 0 aliphatic carbocycles. The lowest BCUT2D eigenvalue weighted by atomic mass is 10.1. The Bertz CT molecular complexity index is 644. The number of hydrogen-bond donors (Lipinski definition) is 4. The van der Waals surface area contributed by atoms with Crippen LogP contribution in [-0.4, -0.2) is 10.8 Å². The molecule has 6 N–H and O–H groups in total. The van der Waals surface area contributed by atoms with Crippen molar-refractivity contribution in [1.29, 1.82) is 0 Å². The zero-order valence-corrected chi connectivity index (χ0v) is 9.32. The molecule has 0 radical (unpaired) electrons. The second-order valence-corrected chi connectivity index (χ2v) is 3.70. The fourth-order valence-electron chi connectivity index (χ4n) is 1.69. The summed E-state index contributed by atoms with van der Waals surface area (Å²) in [6, 6.07) is 5.59. The van der Waals surface area contributed by atoms with Gasteiger partial charge in [-0.25, -0.2) is 5.84 Å². The van der Waals surface area contributed by atoms with E-state index in [1.807, 2.05) is 25.1 Å². The lowest BCUT2D eigenvalue weighted by molar-refractivity contribution is 1.00. The highest BCUT2D eigenvalue weighted by Crippen LogP contribution is 2.10. The normalized spacial score (nSPS) is 11.8. The molecule has 1 aromatic heterocycles. The molecule has 0 bridgehead atoms. The molecule has 1 heterocycles. The van der Waals surface area contributed by atoms with Crippen molar-refractivity contribution in [3.05, 3.63) is 45.7 Å². The summed E-state index contributed by atoms with van der Waals surface area (Å²) in [6.07, 6.45) is 1.53. The maximum atomic E-state index is 12.2. The summed E-state index contributed by atoms with van der Waals surface area (Å²) in [6.45, 7) is 1.92. The van der Waals surface area contributed by atoms with Gasteiger partial charge in [0, 0.05) is 17.1 Å². The highest BCUT2D eigenvalue weighted by atomic mass is 16.1. The lowest BCUT2D eigenvalue weighted by Gasteiger charge is -2.05. The molecule has 0 aliphatic rings. The number of pyridine rings is 1. The second-order valence-electron chi connectivity index (χ2n) is 3.70. The number of aromatic nitrogens is 1. The first-order chi connectivity index (χ1) is 8.17. The van der Waals surface area contributed by atoms with Gasteiger partial charge in [-0.15, -0.1) is 0 Å². The molecule has 0 amide bonds. The van der Waals surface area contributed by atoms with Gasteiger partial charge in [0.05, 0.1) is 5.56 Å². The molecule has 0 saturated heterocycles. The van der Waals surface area contributed by atoms with Crippen LogP contribution in [0.15, 0.2) is 34.3 Å². The van der Waals surface area contributed by atoms with Crippen LogP contribution in [0.25, 0.3) is 10.9 Å². The summed E-state index contributed by atoms with van der Waals surface area (Å²) in [5, 5.41) is 4.01. The van der Waals surface area contributed by atoms with E-state index in [4.69, 9.17) is 11.7 Å². The number of aryl methyl sites for hydroxylation is 1. The number of benzene rings is 1. The molecule has 0 fully saturated rings. The van der Waals surface area contributed by atoms with Gasteiger partial charge in [-0.3, -0.25) is 4.79 Å². The van der Waals surface area contributed by atoms with Crippen molar-refractivity contribution in [2.75, 3.05) is 0 Å². The van der Waals surface area contributed by atoms with Crippen molar-refractivity contribution in [1.82, 2.24) is 10.4 Å². The molecule has 0 atom stereocenters. The van der Waals surface area contributed by atoms with Crippen molar-refractivity contribution in [2.45, 2.75) is 6.92 Å². The molecule has 2 aromatic rings. The number of rotatable bonds is 1. The number of H-pyrrole nitrogens is 1. The molecular weight excluding hydrogens is 218 g/mol. The Labute approximate surface area is 97.3 Å². The van der Waals surface area contributed by atoms with Crippen LogP contribution in [0.2, 0.25) is 0 Å². The maximum absolute atomic E-state index is 12.2. The van der Waals surface area contributed by atoms with Gasteiger partial charge in [0.2, 0.25) is 0 Å². The van der Waals surface area contributed by atoms with E-state index in [1.54, 1.807) is 0 Å². The molecule has 0 unspecified atom stereocenters. The number of aromatic amines is 1. The van der Waals surface area contributed by atoms with E-state index >= 15 is 0 Å². The SMILES string of the molecule is Cc1ccc2[nH]cc(/C(=N/N)NN)c(=O)c2c1. The van der Waals surface area contributed by atoms with Crippen LogP contribution in [0, 0.1) is 6.92 Å². The van der Waals surface area contributed by atoms with Gasteiger partial charge in [-0.05, 0) is 19.1 Å². The fourth-order valence-corrected chi connectivity index (χ4v) is 1.69. The third-order valence-corrected chi connectivity index (χ3v) is 2.56. The Morgan fingerprint density at radius 2 is 2.24 bits per heavy atom. The standard InChI is InChI=1S/C11H13N5O/c1-6-2-3-9-7(4-6)10(17)8(5-14-9)11(15-12)16-13/h2-5H,12-13H2,1H3,(H,14,17)(H,15,16). The Balaban J connectivity index is 2.77. The van der Waals surface area contributed by atoms with Gasteiger partial charge in [-0.2, -0.15) is 5.10 Å². The van der Waals surface area contributed by atoms with Gasteiger partial charge in [0.15, 0.2) is 11.3 Å². The minimum atomic E-state index is -0.162. The average Bonchev–Trinajstić information content (AvgIpc) is 2.34. The summed E-state index contributed by atoms with van der Waals surface area (Å²) in [5.74, 6) is 10.5. The van der Waals surface area contributed by atoms with Gasteiger partial charge in [0.1, 0.15) is 0 Å². The molecule has 0 aliphatic heterocycles. The van der Waals surface area contributed by atoms with Crippen LogP contribution >= 0.6 is 0 Å². The number of amidine groups is 1. The maximum Gasteiger partial charge on any atom is 0.200 e. The number of nitrogens with one attached hydrogen (secondary N) is 2. The van der Waals surface area contributed by atoms with Crippen LogP contribution < -0.4 is 22.5 Å². The Morgan fingerprint density at radius 3 is 2.88 bits per heavy atom. The van der Waals surface area contributed by atoms with Crippen LogP contribution in [0.1, 0.15) is 11.1 Å². The lowest BCUT2D eigenvalue weighted by Crippen LogP contribution is -2.35. The van der Waals surface area contributed by atoms with Crippen LogP contribution in [-0.2, 0) is 0 Å². The van der Waals surface area contributed by atoms with E-state index in [0.717, 1.165) is 11.1 Å². The molecular formula is C11H13N5O. The minimum Gasteiger partial charge on any atom is -0.360 e. The summed E-state index contributed by atoms with van der Waals surface area (Å²) < 4.78 is 0. The quantitative estimate of drug-likeness (QED) is 0.238. The first kappa shape index (κ1) is 11.2. The van der Waals surface area contributed by atoms with Crippen molar-refractivity contribution >= 4 is 16.7 Å². The highest BCUT2D eigenvalue weighted by Gasteiger charge is 2.10. The number of nitrogens with two attached hydrogens (primary N) is 2. The third kappa shape index (κ3) is 1.85. The topological polar surface area (TPSA) is 109 Å². The predicted molar refractivity (Wildman–Crippen MR) is 67.4 cm³/mol. The number of hydrogen-bond acceptors (Lipinski definition) is 4. The zero-order valence-electron chi connectivity index (χ0n) is 9.32. The van der Waals surface area contributed by atoms with Gasteiger partial charge in [0.25, 0.3) is 0 Å². The Hall–Kier alpha value is -2.34. The predicted octanol–water partition coefficient (Wildman–Crippen LogP) is -0.0799. The second kappa shape index (κ2) is 4.26. The van der Waals surface area contributed by atoms with E-state index in [9.17, 15) is 4.79 Å². The Kier molecular flexibility index (Phi) is 2.80. The molecule has 0 spiro atoms. The molecule has 17 heavy (non-hydrogen) atoms. The molecule has 2 rings (SSSR count). The number of hydrazone groups is 1. The van der Waals surface area contributed by atoms with E-state index in [2.05, 4.69) is 15.5 Å². The number of fused-ring (bicyclic) bond motifs is 1. The van der Waals surface area contributed by atoms with E-state index in [1.165, 1.54) is 6.20 Å². The minimum absolute atomic E-state index is 0.148. The monoisotopic (exact) mass is 231 g/mol. The van der Waals surface area contributed by atoms with Crippen molar-refractivity contribution in [3.8, 4) is 0 Å². The van der Waals surface area contributed by atoms with E-state index in [0.29, 0.717) is 10.9 Å². The average molecular weight is 231 g/mol. The zero-order chi connectivity index (χ0) is 12.4. The van der Waals surface area contributed by atoms with E-state index < -0.39 is 0 Å². The first-order valence-corrected chi connectivity index (χ1v) is 5.04. The smallest absolute Gasteiger partial charge is 0.200 e. The molecule has 88 valence electrons. The summed E-state index contributed by atoms with van der Waals surface area (Å²) in [7, 11) is 0. The van der Waals surface area contributed by atoms with Crippen LogP contribution in [0.4, 0.5) is 0 Å². The van der Waals surface area contributed by atoms with Crippen LogP contribution in [0.3, 0.4) is 0 Å². The van der Waals surface area contributed by atoms with Crippen molar-refractivity contribution in [2.24, 2.45) is 16.8 Å². The van der Waals surface area contributed by atoms with Crippen molar-refractivity contribution in [3.63, 3.8) is 0 Å². The third-order valence-electron chi connectivity index (χ3n) is 2.56. The number of hydrazine groups is 1. The largest absolute Gasteiger partial charge is 0.360 e. The first-order valence-electron chi connectivity index (χ1n) is 5.04. The Morgan fingerprint density at radius 1 is 1.47 bits per heavy atom. The van der Waals surface area contributed by atoms with E-state index in [-0.39, 0.29) is 11.3 Å². The fraction of sp³-hybridized carbons (Fsp3) is 0.0909. The van der Waals surface area contributed by atoms with Crippen molar-refractivity contribution < 1.29 is 0 Å². The number of nitrogens with zero attached hydrogens (tertiary/aromatic N) is 1. The molecule has 0 saturated carbocycles. The van der Waals surface area contributed by atoms with Gasteiger partial charge in [-0.1, -0.05) is 11.6 Å².